The van der Waals surface area contributed by atoms with Crippen molar-refractivity contribution in [2.75, 3.05) is 6.61 Å². The third-order valence-electron chi connectivity index (χ3n) is 3.91. The fourth-order valence-corrected chi connectivity index (χ4v) is 3.07. The molecule has 118 valence electrons. The summed E-state index contributed by atoms with van der Waals surface area (Å²) < 4.78 is 5.12. The molecule has 1 aromatic carbocycles. The number of hydrogen-bond donors (Lipinski definition) is 0. The van der Waals surface area contributed by atoms with Crippen LogP contribution >= 0.6 is 11.6 Å². The number of ether oxygens (including phenoxy) is 1. The summed E-state index contributed by atoms with van der Waals surface area (Å²) in [6.45, 7) is 5.78. The van der Waals surface area contributed by atoms with Gasteiger partial charge in [-0.2, -0.15) is 5.26 Å². The molecule has 0 radical (unpaired) electrons. The number of allylic oxidation sites excluding steroid dienone is 3. The molecule has 0 unspecified atom stereocenters. The summed E-state index contributed by atoms with van der Waals surface area (Å²) in [5, 5.41) is 10.3. The Morgan fingerprint density at radius 3 is 2.70 bits per heavy atom. The van der Waals surface area contributed by atoms with E-state index in [9.17, 15) is 14.9 Å². The van der Waals surface area contributed by atoms with Crippen molar-refractivity contribution in [3.05, 3.63) is 58.7 Å². The van der Waals surface area contributed by atoms with Crippen LogP contribution in [0.3, 0.4) is 0 Å². The summed E-state index contributed by atoms with van der Waals surface area (Å²) in [4.78, 5) is 23.7. The lowest BCUT2D eigenvalue weighted by molar-refractivity contribution is -0.152. The van der Waals surface area contributed by atoms with E-state index in [4.69, 9.17) is 16.3 Å². The van der Waals surface area contributed by atoms with Gasteiger partial charge < -0.3 is 4.74 Å². The third kappa shape index (κ3) is 3.06. The Morgan fingerprint density at radius 2 is 2.17 bits per heavy atom. The molecule has 1 aliphatic carbocycles. The Labute approximate surface area is 140 Å². The maximum absolute atomic E-state index is 12.6. The molecule has 2 atom stereocenters. The fourth-order valence-electron chi connectivity index (χ4n) is 2.94. The Balaban J connectivity index is 2.62. The summed E-state index contributed by atoms with van der Waals surface area (Å²) in [5.74, 6) is -1.23. The van der Waals surface area contributed by atoms with Crippen LogP contribution in [0, 0.1) is 16.7 Å². The summed E-state index contributed by atoms with van der Waals surface area (Å²) in [6, 6.07) is 8.98. The van der Waals surface area contributed by atoms with Crippen molar-refractivity contribution in [1.29, 1.82) is 5.26 Å². The summed E-state index contributed by atoms with van der Waals surface area (Å²) in [7, 11) is 0. The van der Waals surface area contributed by atoms with Crippen molar-refractivity contribution in [3.8, 4) is 6.07 Å². The molecule has 0 aliphatic heterocycles. The second-order valence-corrected chi connectivity index (χ2v) is 5.81. The molecule has 0 fully saturated rings. The number of halogens is 1. The number of carbonyl (C=O) groups excluding carboxylic acids is 2. The quantitative estimate of drug-likeness (QED) is 0.625. The van der Waals surface area contributed by atoms with Gasteiger partial charge in [0.05, 0.1) is 12.7 Å². The molecule has 5 heteroatoms. The van der Waals surface area contributed by atoms with E-state index in [2.05, 4.69) is 12.6 Å². The topological polar surface area (TPSA) is 67.2 Å². The van der Waals surface area contributed by atoms with Crippen LogP contribution in [0.25, 0.3) is 0 Å². The molecule has 0 bridgehead atoms. The predicted molar refractivity (Wildman–Crippen MR) is 86.8 cm³/mol. The summed E-state index contributed by atoms with van der Waals surface area (Å²) >= 11 is 5.91. The van der Waals surface area contributed by atoms with Crippen molar-refractivity contribution >= 4 is 23.9 Å². The second-order valence-electron chi connectivity index (χ2n) is 5.38. The minimum Gasteiger partial charge on any atom is -0.465 e. The molecule has 0 saturated carbocycles. The van der Waals surface area contributed by atoms with Crippen LogP contribution in [0.4, 0.5) is 0 Å². The minimum atomic E-state index is -1.51. The van der Waals surface area contributed by atoms with Crippen molar-refractivity contribution in [1.82, 2.24) is 0 Å². The van der Waals surface area contributed by atoms with Gasteiger partial charge >= 0.3 is 5.97 Å². The molecule has 0 heterocycles. The Hall–Kier alpha value is -2.38. The molecule has 0 aromatic heterocycles. The molecule has 0 amide bonds. The van der Waals surface area contributed by atoms with E-state index in [0.29, 0.717) is 22.5 Å². The van der Waals surface area contributed by atoms with Gasteiger partial charge in [-0.15, -0.1) is 0 Å². The number of carbonyl (C=O) groups is 2. The zero-order valence-corrected chi connectivity index (χ0v) is 13.5. The molecule has 1 aromatic rings. The fraction of sp³-hybridized carbons (Fsp3) is 0.278. The normalized spacial score (nSPS) is 23.6. The van der Waals surface area contributed by atoms with Crippen LogP contribution in [-0.2, 0) is 14.3 Å². The standard InChI is InChI=1S/C18H16ClNO3/c1-3-23-17(22)18(11-20)9-13(10-21)8-12(2)16(18)14-4-6-15(19)7-5-14/h4-8,10,16H,2-3,9H2,1H3/t16-,18+/m1/s1. The molecule has 0 saturated heterocycles. The average molecular weight is 330 g/mol. The van der Waals surface area contributed by atoms with Crippen LogP contribution in [0.2, 0.25) is 5.02 Å². The number of rotatable bonds is 4. The van der Waals surface area contributed by atoms with Crippen LogP contribution < -0.4 is 0 Å². The number of hydrogen-bond acceptors (Lipinski definition) is 4. The zero-order valence-electron chi connectivity index (χ0n) is 12.7. The number of nitrogens with zero attached hydrogens (tertiary/aromatic N) is 1. The van der Waals surface area contributed by atoms with E-state index in [1.54, 1.807) is 37.3 Å². The van der Waals surface area contributed by atoms with E-state index in [0.717, 1.165) is 5.56 Å². The Kier molecular flexibility index (Phi) is 5.02. The molecule has 2 rings (SSSR count). The minimum absolute atomic E-state index is 0.00184. The van der Waals surface area contributed by atoms with Crippen molar-refractivity contribution in [2.45, 2.75) is 19.3 Å². The molecule has 1 aliphatic rings. The largest absolute Gasteiger partial charge is 0.465 e. The molecule has 0 spiro atoms. The van der Waals surface area contributed by atoms with Gasteiger partial charge in [-0.25, -0.2) is 0 Å². The monoisotopic (exact) mass is 329 g/mol. The first kappa shape index (κ1) is 17.0. The van der Waals surface area contributed by atoms with Crippen LogP contribution in [-0.4, -0.2) is 18.9 Å². The molecule has 0 N–H and O–H groups in total. The predicted octanol–water partition coefficient (Wildman–Crippen LogP) is 3.58. The van der Waals surface area contributed by atoms with E-state index in [1.807, 2.05) is 0 Å². The molecular formula is C18H16ClNO3. The highest BCUT2D eigenvalue weighted by Crippen LogP contribution is 2.49. The Morgan fingerprint density at radius 1 is 1.52 bits per heavy atom. The number of nitriles is 1. The number of esters is 1. The number of benzene rings is 1. The first-order chi connectivity index (χ1) is 11.0. The van der Waals surface area contributed by atoms with Crippen LogP contribution in [0.5, 0.6) is 0 Å². The van der Waals surface area contributed by atoms with Gasteiger partial charge in [-0.05, 0) is 35.8 Å². The first-order valence-electron chi connectivity index (χ1n) is 7.17. The average Bonchev–Trinajstić information content (AvgIpc) is 2.55. The van der Waals surface area contributed by atoms with Crippen LogP contribution in [0.15, 0.2) is 48.1 Å². The van der Waals surface area contributed by atoms with Gasteiger partial charge in [0.15, 0.2) is 5.41 Å². The SMILES string of the molecule is C=C1C=C(C=O)C[C@@](C#N)(C(=O)OCC)[C@H]1c1ccc(Cl)cc1. The van der Waals surface area contributed by atoms with Crippen molar-refractivity contribution < 1.29 is 14.3 Å². The Bertz CT molecular complexity index is 715. The summed E-state index contributed by atoms with van der Waals surface area (Å²) in [6.07, 6.45) is 2.27. The van der Waals surface area contributed by atoms with Crippen molar-refractivity contribution in [2.24, 2.45) is 5.41 Å². The van der Waals surface area contributed by atoms with Crippen molar-refractivity contribution in [3.63, 3.8) is 0 Å². The number of aldehydes is 1. The molecule has 4 nitrogen and oxygen atoms in total. The van der Waals surface area contributed by atoms with E-state index >= 15 is 0 Å². The van der Waals surface area contributed by atoms with Gasteiger partial charge in [0, 0.05) is 17.4 Å². The zero-order chi connectivity index (χ0) is 17.0. The van der Waals surface area contributed by atoms with Gasteiger partial charge in [-0.1, -0.05) is 36.4 Å². The first-order valence-corrected chi connectivity index (χ1v) is 7.54. The second kappa shape index (κ2) is 6.80. The summed E-state index contributed by atoms with van der Waals surface area (Å²) in [5.41, 5.74) is 0.103. The molecular weight excluding hydrogens is 314 g/mol. The van der Waals surface area contributed by atoms with Crippen LogP contribution in [0.1, 0.15) is 24.8 Å². The highest BCUT2D eigenvalue weighted by Gasteiger charge is 2.51. The maximum atomic E-state index is 12.6. The van der Waals surface area contributed by atoms with Gasteiger partial charge in [0.25, 0.3) is 0 Å². The van der Waals surface area contributed by atoms with E-state index < -0.39 is 17.3 Å². The van der Waals surface area contributed by atoms with Gasteiger partial charge in [0.2, 0.25) is 0 Å². The smallest absolute Gasteiger partial charge is 0.327 e. The van der Waals surface area contributed by atoms with E-state index in [-0.39, 0.29) is 13.0 Å². The highest BCUT2D eigenvalue weighted by atomic mass is 35.5. The lowest BCUT2D eigenvalue weighted by atomic mass is 9.63. The third-order valence-corrected chi connectivity index (χ3v) is 4.16. The lowest BCUT2D eigenvalue weighted by Gasteiger charge is -2.37. The van der Waals surface area contributed by atoms with Gasteiger partial charge in [0.1, 0.15) is 6.29 Å². The molecule has 23 heavy (non-hydrogen) atoms. The van der Waals surface area contributed by atoms with E-state index in [1.165, 1.54) is 0 Å². The lowest BCUT2D eigenvalue weighted by Crippen LogP contribution is -2.41. The van der Waals surface area contributed by atoms with Gasteiger partial charge in [-0.3, -0.25) is 9.59 Å². The highest BCUT2D eigenvalue weighted by molar-refractivity contribution is 6.30. The maximum Gasteiger partial charge on any atom is 0.327 e.